The summed E-state index contributed by atoms with van der Waals surface area (Å²) in [7, 11) is 2.89. The number of benzene rings is 1. The number of ether oxygens (including phenoxy) is 2. The van der Waals surface area contributed by atoms with Gasteiger partial charge in [0.15, 0.2) is 0 Å². The molecule has 0 spiro atoms. The standard InChI is InChI=1S/C10H13F2NO2/c1-14-6-3-4-7(8(5-6)15-2)9(13)10(11)12/h3-5,9-10H,13H2,1-2H3/t9-/m1/s1. The molecule has 1 aromatic rings. The van der Waals surface area contributed by atoms with Crippen molar-refractivity contribution >= 4 is 0 Å². The molecule has 2 N–H and O–H groups in total. The van der Waals surface area contributed by atoms with Gasteiger partial charge in [-0.3, -0.25) is 0 Å². The zero-order valence-electron chi connectivity index (χ0n) is 8.54. The van der Waals surface area contributed by atoms with Gasteiger partial charge in [0.1, 0.15) is 11.5 Å². The molecule has 0 bridgehead atoms. The minimum absolute atomic E-state index is 0.272. The molecule has 15 heavy (non-hydrogen) atoms. The van der Waals surface area contributed by atoms with Crippen molar-refractivity contribution in [1.29, 1.82) is 0 Å². The third-order valence-corrected chi connectivity index (χ3v) is 2.07. The van der Waals surface area contributed by atoms with E-state index in [0.29, 0.717) is 11.5 Å². The lowest BCUT2D eigenvalue weighted by Crippen LogP contribution is -2.19. The molecule has 1 aromatic carbocycles. The van der Waals surface area contributed by atoms with Gasteiger partial charge < -0.3 is 15.2 Å². The highest BCUT2D eigenvalue weighted by Gasteiger charge is 2.21. The Morgan fingerprint density at radius 2 is 1.87 bits per heavy atom. The first kappa shape index (κ1) is 11.7. The Bertz CT molecular complexity index is 331. The second-order valence-corrected chi connectivity index (χ2v) is 2.97. The van der Waals surface area contributed by atoms with E-state index in [4.69, 9.17) is 15.2 Å². The summed E-state index contributed by atoms with van der Waals surface area (Å²) >= 11 is 0. The lowest BCUT2D eigenvalue weighted by Gasteiger charge is -2.15. The van der Waals surface area contributed by atoms with Crippen LogP contribution in [0.2, 0.25) is 0 Å². The molecule has 1 rings (SSSR count). The third-order valence-electron chi connectivity index (χ3n) is 2.07. The van der Waals surface area contributed by atoms with Crippen molar-refractivity contribution in [2.24, 2.45) is 5.73 Å². The predicted molar refractivity (Wildman–Crippen MR) is 52.5 cm³/mol. The molecule has 0 aromatic heterocycles. The van der Waals surface area contributed by atoms with Gasteiger partial charge in [-0.15, -0.1) is 0 Å². The number of alkyl halides is 2. The minimum atomic E-state index is -2.62. The van der Waals surface area contributed by atoms with Crippen LogP contribution in [0, 0.1) is 0 Å². The predicted octanol–water partition coefficient (Wildman–Crippen LogP) is 1.97. The molecule has 0 fully saturated rings. The normalized spacial score (nSPS) is 12.7. The number of methoxy groups -OCH3 is 2. The monoisotopic (exact) mass is 217 g/mol. The number of hydrogen-bond acceptors (Lipinski definition) is 3. The fourth-order valence-corrected chi connectivity index (χ4v) is 1.23. The van der Waals surface area contributed by atoms with Gasteiger partial charge >= 0.3 is 0 Å². The molecule has 0 heterocycles. The molecule has 0 radical (unpaired) electrons. The molecule has 3 nitrogen and oxygen atoms in total. The van der Waals surface area contributed by atoms with Crippen LogP contribution in [0.4, 0.5) is 8.78 Å². The Kier molecular flexibility index (Phi) is 3.85. The highest BCUT2D eigenvalue weighted by Crippen LogP contribution is 2.30. The molecule has 0 saturated heterocycles. The summed E-state index contributed by atoms with van der Waals surface area (Å²) < 4.78 is 34.7. The first-order valence-electron chi connectivity index (χ1n) is 4.35. The summed E-state index contributed by atoms with van der Waals surface area (Å²) in [5.41, 5.74) is 5.61. The molecule has 0 aliphatic heterocycles. The van der Waals surface area contributed by atoms with E-state index in [0.717, 1.165) is 0 Å². The van der Waals surface area contributed by atoms with Gasteiger partial charge in [0.2, 0.25) is 0 Å². The molecule has 0 aliphatic carbocycles. The zero-order chi connectivity index (χ0) is 11.4. The average molecular weight is 217 g/mol. The molecule has 0 unspecified atom stereocenters. The van der Waals surface area contributed by atoms with Crippen molar-refractivity contribution in [2.75, 3.05) is 14.2 Å². The first-order valence-corrected chi connectivity index (χ1v) is 4.35. The Balaban J connectivity index is 3.07. The number of rotatable bonds is 4. The maximum Gasteiger partial charge on any atom is 0.257 e. The highest BCUT2D eigenvalue weighted by atomic mass is 19.3. The van der Waals surface area contributed by atoms with E-state index in [9.17, 15) is 8.78 Å². The van der Waals surface area contributed by atoms with Gasteiger partial charge in [-0.1, -0.05) is 0 Å². The van der Waals surface area contributed by atoms with Crippen LogP contribution in [0.25, 0.3) is 0 Å². The molecule has 84 valence electrons. The van der Waals surface area contributed by atoms with Crippen molar-refractivity contribution < 1.29 is 18.3 Å². The Labute approximate surface area is 86.8 Å². The van der Waals surface area contributed by atoms with Gasteiger partial charge in [0, 0.05) is 11.6 Å². The van der Waals surface area contributed by atoms with E-state index in [-0.39, 0.29) is 5.56 Å². The molecule has 0 aliphatic rings. The number of halogens is 2. The number of hydrogen-bond donors (Lipinski definition) is 1. The van der Waals surface area contributed by atoms with E-state index >= 15 is 0 Å². The fourth-order valence-electron chi connectivity index (χ4n) is 1.23. The van der Waals surface area contributed by atoms with Crippen molar-refractivity contribution in [3.63, 3.8) is 0 Å². The van der Waals surface area contributed by atoms with Crippen molar-refractivity contribution in [1.82, 2.24) is 0 Å². The second-order valence-electron chi connectivity index (χ2n) is 2.97. The van der Waals surface area contributed by atoms with Crippen LogP contribution < -0.4 is 15.2 Å². The van der Waals surface area contributed by atoms with Crippen LogP contribution in [0.5, 0.6) is 11.5 Å². The summed E-state index contributed by atoms with van der Waals surface area (Å²) in [5, 5.41) is 0. The summed E-state index contributed by atoms with van der Waals surface area (Å²) in [4.78, 5) is 0. The van der Waals surface area contributed by atoms with Gasteiger partial charge in [-0.05, 0) is 12.1 Å². The van der Waals surface area contributed by atoms with Crippen LogP contribution in [0.1, 0.15) is 11.6 Å². The average Bonchev–Trinajstić information content (AvgIpc) is 2.27. The Morgan fingerprint density at radius 3 is 2.33 bits per heavy atom. The van der Waals surface area contributed by atoms with Gasteiger partial charge in [0.05, 0.1) is 20.3 Å². The third kappa shape index (κ3) is 2.56. The largest absolute Gasteiger partial charge is 0.497 e. The van der Waals surface area contributed by atoms with Gasteiger partial charge in [-0.2, -0.15) is 0 Å². The van der Waals surface area contributed by atoms with Crippen molar-refractivity contribution in [3.8, 4) is 11.5 Å². The van der Waals surface area contributed by atoms with E-state index in [1.54, 1.807) is 6.07 Å². The van der Waals surface area contributed by atoms with E-state index in [1.807, 2.05) is 0 Å². The molecule has 5 heteroatoms. The zero-order valence-corrected chi connectivity index (χ0v) is 8.54. The number of nitrogens with two attached hydrogens (primary N) is 1. The first-order chi connectivity index (χ1) is 7.10. The van der Waals surface area contributed by atoms with Crippen LogP contribution in [0.15, 0.2) is 18.2 Å². The summed E-state index contributed by atoms with van der Waals surface area (Å²) in [6, 6.07) is 3.23. The van der Waals surface area contributed by atoms with E-state index in [1.165, 1.54) is 26.4 Å². The Hall–Kier alpha value is -1.36. The maximum atomic E-state index is 12.4. The van der Waals surface area contributed by atoms with Crippen LogP contribution in [-0.2, 0) is 0 Å². The Morgan fingerprint density at radius 1 is 1.20 bits per heavy atom. The quantitative estimate of drug-likeness (QED) is 0.838. The summed E-state index contributed by atoms with van der Waals surface area (Å²) in [6.07, 6.45) is -2.62. The van der Waals surface area contributed by atoms with E-state index < -0.39 is 12.5 Å². The fraction of sp³-hybridized carbons (Fsp3) is 0.400. The molecule has 0 amide bonds. The molecular weight excluding hydrogens is 204 g/mol. The van der Waals surface area contributed by atoms with Crippen LogP contribution in [0.3, 0.4) is 0 Å². The summed E-state index contributed by atoms with van der Waals surface area (Å²) in [6.45, 7) is 0. The van der Waals surface area contributed by atoms with E-state index in [2.05, 4.69) is 0 Å². The molecule has 1 atom stereocenters. The topological polar surface area (TPSA) is 44.5 Å². The van der Waals surface area contributed by atoms with Crippen molar-refractivity contribution in [2.45, 2.75) is 12.5 Å². The van der Waals surface area contributed by atoms with Gasteiger partial charge in [-0.25, -0.2) is 8.78 Å². The molecular formula is C10H13F2NO2. The van der Waals surface area contributed by atoms with Crippen molar-refractivity contribution in [3.05, 3.63) is 23.8 Å². The minimum Gasteiger partial charge on any atom is -0.497 e. The highest BCUT2D eigenvalue weighted by molar-refractivity contribution is 5.42. The lowest BCUT2D eigenvalue weighted by atomic mass is 10.1. The summed E-state index contributed by atoms with van der Waals surface area (Å²) in [5.74, 6) is 0.846. The smallest absolute Gasteiger partial charge is 0.257 e. The molecule has 0 saturated carbocycles. The maximum absolute atomic E-state index is 12.4. The van der Waals surface area contributed by atoms with Crippen LogP contribution in [-0.4, -0.2) is 20.6 Å². The van der Waals surface area contributed by atoms with Gasteiger partial charge in [0.25, 0.3) is 6.43 Å². The lowest BCUT2D eigenvalue weighted by molar-refractivity contribution is 0.115. The second kappa shape index (κ2) is 4.93. The van der Waals surface area contributed by atoms with Crippen LogP contribution >= 0.6 is 0 Å². The SMILES string of the molecule is COc1ccc([C@@H](N)C(F)F)c(OC)c1.